The van der Waals surface area contributed by atoms with Gasteiger partial charge < -0.3 is 19.3 Å². The highest BCUT2D eigenvalue weighted by atomic mass is 32.1. The van der Waals surface area contributed by atoms with Crippen LogP contribution in [0.3, 0.4) is 0 Å². The molecule has 0 radical (unpaired) electrons. The van der Waals surface area contributed by atoms with Crippen molar-refractivity contribution in [3.05, 3.63) is 52.1 Å². The van der Waals surface area contributed by atoms with Crippen LogP contribution in [0.1, 0.15) is 31.1 Å². The van der Waals surface area contributed by atoms with E-state index in [-0.39, 0.29) is 17.2 Å². The van der Waals surface area contributed by atoms with Crippen molar-refractivity contribution in [1.29, 1.82) is 0 Å². The van der Waals surface area contributed by atoms with Gasteiger partial charge in [0.2, 0.25) is 0 Å². The number of nitro groups is 1. The Morgan fingerprint density at radius 3 is 2.57 bits per heavy atom. The smallest absolute Gasteiger partial charge is 0.293 e. The zero-order valence-electron chi connectivity index (χ0n) is 21.5. The van der Waals surface area contributed by atoms with Gasteiger partial charge in [-0.3, -0.25) is 19.8 Å². The van der Waals surface area contributed by atoms with Gasteiger partial charge in [0, 0.05) is 37.8 Å². The molecule has 2 heterocycles. The number of benzene rings is 2. The Balaban J connectivity index is 1.69. The summed E-state index contributed by atoms with van der Waals surface area (Å²) in [5, 5.41) is 12.5. The van der Waals surface area contributed by atoms with Crippen molar-refractivity contribution in [2.45, 2.75) is 20.8 Å². The SMILES string of the molecule is CCOc1ccc2nc(N(CCN(CC)CC)C(=O)c3ccc(N4CCOCC4)c([N+](=O)[O-])c3)sc2c1. The lowest BCUT2D eigenvalue weighted by molar-refractivity contribution is -0.384. The normalized spacial score (nSPS) is 13.8. The van der Waals surface area contributed by atoms with Gasteiger partial charge in [0.1, 0.15) is 11.4 Å². The van der Waals surface area contributed by atoms with Crippen LogP contribution in [-0.2, 0) is 4.74 Å². The van der Waals surface area contributed by atoms with Gasteiger partial charge in [0.15, 0.2) is 5.13 Å². The molecule has 0 bridgehead atoms. The Bertz CT molecular complexity index is 1240. The molecule has 1 aliphatic rings. The minimum atomic E-state index is -0.422. The van der Waals surface area contributed by atoms with E-state index in [4.69, 9.17) is 14.5 Å². The van der Waals surface area contributed by atoms with Crippen LogP contribution in [0.15, 0.2) is 36.4 Å². The summed E-state index contributed by atoms with van der Waals surface area (Å²) in [5.74, 6) is 0.438. The second kappa shape index (κ2) is 12.3. The summed E-state index contributed by atoms with van der Waals surface area (Å²) in [7, 11) is 0. The van der Waals surface area contributed by atoms with Crippen LogP contribution in [0.25, 0.3) is 10.2 Å². The fourth-order valence-corrected chi connectivity index (χ4v) is 5.38. The number of thiazole rings is 1. The molecule has 1 fully saturated rings. The van der Waals surface area contributed by atoms with Crippen molar-refractivity contribution in [1.82, 2.24) is 9.88 Å². The van der Waals surface area contributed by atoms with E-state index < -0.39 is 4.92 Å². The number of nitro benzene ring substituents is 1. The summed E-state index contributed by atoms with van der Waals surface area (Å²) in [4.78, 5) is 35.9. The average molecular weight is 528 g/mol. The fourth-order valence-electron chi connectivity index (χ4n) is 4.36. The number of ether oxygens (including phenoxy) is 2. The van der Waals surface area contributed by atoms with Crippen LogP contribution >= 0.6 is 11.3 Å². The second-order valence-electron chi connectivity index (χ2n) is 8.60. The number of nitrogens with zero attached hydrogens (tertiary/aromatic N) is 5. The van der Waals surface area contributed by atoms with Gasteiger partial charge in [-0.05, 0) is 50.3 Å². The third-order valence-electron chi connectivity index (χ3n) is 6.44. The third kappa shape index (κ3) is 6.17. The molecule has 3 aromatic rings. The van der Waals surface area contributed by atoms with Crippen molar-refractivity contribution in [3.63, 3.8) is 0 Å². The van der Waals surface area contributed by atoms with E-state index in [0.29, 0.717) is 56.8 Å². The number of hydrogen-bond acceptors (Lipinski definition) is 9. The van der Waals surface area contributed by atoms with E-state index in [1.165, 1.54) is 17.4 Å². The van der Waals surface area contributed by atoms with Gasteiger partial charge >= 0.3 is 0 Å². The first-order chi connectivity index (χ1) is 17.9. The lowest BCUT2D eigenvalue weighted by Crippen LogP contribution is -2.39. The van der Waals surface area contributed by atoms with E-state index >= 15 is 0 Å². The predicted molar refractivity (Wildman–Crippen MR) is 146 cm³/mol. The van der Waals surface area contributed by atoms with Crippen molar-refractivity contribution in [2.75, 3.05) is 68.9 Å². The molecular weight excluding hydrogens is 494 g/mol. The standard InChI is InChI=1S/C26H33N5O5S/c1-4-28(5-2)11-12-30(26-27-21-9-8-20(36-6-3)18-24(21)37-26)25(32)19-7-10-22(23(17-19)31(33)34)29-13-15-35-16-14-29/h7-10,17-18H,4-6,11-16H2,1-3H3. The molecule has 0 atom stereocenters. The lowest BCUT2D eigenvalue weighted by Gasteiger charge is -2.29. The van der Waals surface area contributed by atoms with Gasteiger partial charge in [-0.15, -0.1) is 0 Å². The zero-order valence-corrected chi connectivity index (χ0v) is 22.3. The van der Waals surface area contributed by atoms with Crippen LogP contribution in [-0.4, -0.2) is 79.8 Å². The number of hydrogen-bond donors (Lipinski definition) is 0. The summed E-state index contributed by atoms with van der Waals surface area (Å²) in [6.45, 7) is 11.6. The largest absolute Gasteiger partial charge is 0.494 e. The molecule has 1 saturated heterocycles. The number of anilines is 2. The first kappa shape index (κ1) is 26.8. The number of amides is 1. The van der Waals surface area contributed by atoms with Crippen molar-refractivity contribution < 1.29 is 19.2 Å². The Labute approximate surface area is 220 Å². The number of aromatic nitrogens is 1. The second-order valence-corrected chi connectivity index (χ2v) is 9.61. The minimum Gasteiger partial charge on any atom is -0.494 e. The monoisotopic (exact) mass is 527 g/mol. The number of morpholine rings is 1. The van der Waals surface area contributed by atoms with Crippen LogP contribution < -0.4 is 14.5 Å². The summed E-state index contributed by atoms with van der Waals surface area (Å²) in [5.41, 5.74) is 1.46. The molecule has 1 aromatic heterocycles. The summed E-state index contributed by atoms with van der Waals surface area (Å²) in [6, 6.07) is 10.4. The Hall–Kier alpha value is -3.28. The molecule has 0 saturated carbocycles. The van der Waals surface area contributed by atoms with E-state index in [0.717, 1.165) is 29.1 Å². The van der Waals surface area contributed by atoms with Gasteiger partial charge in [0.25, 0.3) is 11.6 Å². The van der Waals surface area contributed by atoms with Gasteiger partial charge in [-0.1, -0.05) is 25.2 Å². The van der Waals surface area contributed by atoms with Gasteiger partial charge in [0.05, 0.1) is 35.0 Å². The lowest BCUT2D eigenvalue weighted by atomic mass is 10.1. The van der Waals surface area contributed by atoms with Crippen LogP contribution in [0.4, 0.5) is 16.5 Å². The Morgan fingerprint density at radius 1 is 1.14 bits per heavy atom. The highest BCUT2D eigenvalue weighted by molar-refractivity contribution is 7.22. The molecule has 1 aliphatic heterocycles. The van der Waals surface area contributed by atoms with E-state index in [2.05, 4.69) is 18.7 Å². The summed E-state index contributed by atoms with van der Waals surface area (Å²) in [6.07, 6.45) is 0. The average Bonchev–Trinajstić information content (AvgIpc) is 3.34. The van der Waals surface area contributed by atoms with E-state index in [1.54, 1.807) is 17.0 Å². The van der Waals surface area contributed by atoms with Gasteiger partial charge in [-0.25, -0.2) is 4.98 Å². The highest BCUT2D eigenvalue weighted by Gasteiger charge is 2.27. The van der Waals surface area contributed by atoms with Gasteiger partial charge in [-0.2, -0.15) is 0 Å². The van der Waals surface area contributed by atoms with E-state index in [9.17, 15) is 14.9 Å². The maximum atomic E-state index is 13.8. The molecule has 1 amide bonds. The molecule has 11 heteroatoms. The highest BCUT2D eigenvalue weighted by Crippen LogP contribution is 2.34. The maximum Gasteiger partial charge on any atom is 0.293 e. The van der Waals surface area contributed by atoms with Crippen molar-refractivity contribution in [3.8, 4) is 5.75 Å². The molecule has 0 unspecified atom stereocenters. The third-order valence-corrected chi connectivity index (χ3v) is 7.48. The number of rotatable bonds is 11. The van der Waals surface area contributed by atoms with Crippen LogP contribution in [0, 0.1) is 10.1 Å². The molecule has 4 rings (SSSR count). The van der Waals surface area contributed by atoms with Crippen molar-refractivity contribution in [2.24, 2.45) is 0 Å². The molecule has 2 aromatic carbocycles. The number of carbonyl (C=O) groups excluding carboxylic acids is 1. The van der Waals surface area contributed by atoms with E-state index in [1.807, 2.05) is 30.0 Å². The first-order valence-corrected chi connectivity index (χ1v) is 13.5. The molecule has 0 aliphatic carbocycles. The molecule has 0 N–H and O–H groups in total. The van der Waals surface area contributed by atoms with Crippen LogP contribution in [0.5, 0.6) is 5.75 Å². The summed E-state index contributed by atoms with van der Waals surface area (Å²) >= 11 is 1.41. The number of carbonyl (C=O) groups is 1. The quantitative estimate of drug-likeness (QED) is 0.267. The number of fused-ring (bicyclic) bond motifs is 1. The minimum absolute atomic E-state index is 0.0814. The molecule has 198 valence electrons. The molecule has 0 spiro atoms. The number of likely N-dealkylation sites (N-methyl/N-ethyl adjacent to an activating group) is 1. The topological polar surface area (TPSA) is 101 Å². The fraction of sp³-hybridized carbons (Fsp3) is 0.462. The predicted octanol–water partition coefficient (Wildman–Crippen LogP) is 4.43. The first-order valence-electron chi connectivity index (χ1n) is 12.6. The zero-order chi connectivity index (χ0) is 26.4. The van der Waals surface area contributed by atoms with Crippen molar-refractivity contribution >= 4 is 44.0 Å². The molecular formula is C26H33N5O5S. The van der Waals surface area contributed by atoms with Crippen LogP contribution in [0.2, 0.25) is 0 Å². The molecule has 10 nitrogen and oxygen atoms in total. The maximum absolute atomic E-state index is 13.8. The molecule has 37 heavy (non-hydrogen) atoms. The Kier molecular flexibility index (Phi) is 8.91. The summed E-state index contributed by atoms with van der Waals surface area (Å²) < 4.78 is 11.9. The Morgan fingerprint density at radius 2 is 1.89 bits per heavy atom.